The van der Waals surface area contributed by atoms with Gasteiger partial charge in [-0.1, -0.05) is 25.1 Å². The van der Waals surface area contributed by atoms with Gasteiger partial charge in [0, 0.05) is 16.3 Å². The van der Waals surface area contributed by atoms with E-state index in [0.717, 1.165) is 45.9 Å². The molecule has 126 valence electrons. The summed E-state index contributed by atoms with van der Waals surface area (Å²) in [7, 11) is 0. The number of urea groups is 1. The molecular weight excluding hydrogens is 323 g/mol. The number of para-hydroxylation sites is 1. The van der Waals surface area contributed by atoms with E-state index in [0.29, 0.717) is 0 Å². The van der Waals surface area contributed by atoms with E-state index < -0.39 is 0 Å². The van der Waals surface area contributed by atoms with Crippen molar-refractivity contribution in [1.29, 1.82) is 0 Å². The summed E-state index contributed by atoms with van der Waals surface area (Å²) in [5.41, 5.74) is 3.87. The number of benzene rings is 2. The molecular formula is C19H21FN2OS. The topological polar surface area (TPSA) is 41.1 Å². The Morgan fingerprint density at radius 1 is 1.33 bits per heavy atom. The van der Waals surface area contributed by atoms with Gasteiger partial charge in [0.25, 0.3) is 0 Å². The van der Waals surface area contributed by atoms with Gasteiger partial charge in [-0.3, -0.25) is 0 Å². The van der Waals surface area contributed by atoms with Crippen LogP contribution in [-0.4, -0.2) is 11.8 Å². The lowest BCUT2D eigenvalue weighted by atomic mass is 10.0. The van der Waals surface area contributed by atoms with Crippen LogP contribution < -0.4 is 10.6 Å². The predicted molar refractivity (Wildman–Crippen MR) is 97.2 cm³/mol. The van der Waals surface area contributed by atoms with E-state index in [1.165, 1.54) is 12.1 Å². The highest BCUT2D eigenvalue weighted by Crippen LogP contribution is 2.36. The Morgan fingerprint density at radius 3 is 2.96 bits per heavy atom. The molecule has 1 aliphatic rings. The van der Waals surface area contributed by atoms with Gasteiger partial charge in [-0.05, 0) is 54.7 Å². The average molecular weight is 344 g/mol. The first-order chi connectivity index (χ1) is 11.6. The molecule has 0 saturated carbocycles. The molecule has 0 fully saturated rings. The van der Waals surface area contributed by atoms with E-state index in [2.05, 4.69) is 17.6 Å². The number of halogens is 1. The summed E-state index contributed by atoms with van der Waals surface area (Å²) in [4.78, 5) is 13.5. The van der Waals surface area contributed by atoms with Crippen LogP contribution in [-0.2, 0) is 6.42 Å². The van der Waals surface area contributed by atoms with Gasteiger partial charge in [0.05, 0.1) is 6.04 Å². The van der Waals surface area contributed by atoms with Crippen LogP contribution in [0.1, 0.15) is 36.1 Å². The van der Waals surface area contributed by atoms with Crippen molar-refractivity contribution in [3.8, 4) is 0 Å². The molecule has 3 nitrogen and oxygen atoms in total. The molecule has 0 saturated heterocycles. The molecule has 3 rings (SSSR count). The van der Waals surface area contributed by atoms with Crippen molar-refractivity contribution in [1.82, 2.24) is 5.32 Å². The Hall–Kier alpha value is -2.01. The van der Waals surface area contributed by atoms with Gasteiger partial charge in [0.1, 0.15) is 5.82 Å². The number of rotatable bonds is 3. The predicted octanol–water partition coefficient (Wildman–Crippen LogP) is 5.06. The zero-order valence-corrected chi connectivity index (χ0v) is 14.7. The Morgan fingerprint density at radius 2 is 2.17 bits per heavy atom. The number of carbonyl (C=O) groups excluding carboxylic acids is 1. The van der Waals surface area contributed by atoms with Gasteiger partial charge in [-0.25, -0.2) is 9.18 Å². The Kier molecular flexibility index (Phi) is 5.09. The number of thioether (sulfide) groups is 1. The number of nitrogens with one attached hydrogen (secondary N) is 2. The maximum absolute atomic E-state index is 13.6. The standard InChI is InChI=1S/C19H21FN2OS/c1-3-13-6-4-5-12(2)18(13)22-19(23)21-16-9-10-24-17-8-7-14(20)11-15(16)17/h4-8,11,16H,3,9-10H2,1-2H3,(H2,21,22,23). The van der Waals surface area contributed by atoms with E-state index >= 15 is 0 Å². The van der Waals surface area contributed by atoms with Crippen LogP contribution in [0.5, 0.6) is 0 Å². The van der Waals surface area contributed by atoms with Crippen molar-refractivity contribution >= 4 is 23.5 Å². The number of hydrogen-bond donors (Lipinski definition) is 2. The van der Waals surface area contributed by atoms with Gasteiger partial charge < -0.3 is 10.6 Å². The van der Waals surface area contributed by atoms with Gasteiger partial charge in [0.15, 0.2) is 0 Å². The van der Waals surface area contributed by atoms with Crippen molar-refractivity contribution in [2.24, 2.45) is 0 Å². The fourth-order valence-corrected chi connectivity index (χ4v) is 4.13. The molecule has 2 aromatic carbocycles. The summed E-state index contributed by atoms with van der Waals surface area (Å²) in [6.45, 7) is 4.05. The van der Waals surface area contributed by atoms with Crippen molar-refractivity contribution in [2.75, 3.05) is 11.1 Å². The van der Waals surface area contributed by atoms with E-state index in [9.17, 15) is 9.18 Å². The van der Waals surface area contributed by atoms with Crippen molar-refractivity contribution in [2.45, 2.75) is 37.6 Å². The number of aryl methyl sites for hydroxylation is 2. The third-order valence-corrected chi connectivity index (χ3v) is 5.42. The number of anilines is 1. The van der Waals surface area contributed by atoms with Crippen LogP contribution >= 0.6 is 11.8 Å². The summed E-state index contributed by atoms with van der Waals surface area (Å²) in [6, 6.07) is 10.4. The largest absolute Gasteiger partial charge is 0.331 e. The molecule has 0 spiro atoms. The zero-order valence-electron chi connectivity index (χ0n) is 13.9. The van der Waals surface area contributed by atoms with Gasteiger partial charge in [-0.15, -0.1) is 11.8 Å². The van der Waals surface area contributed by atoms with Gasteiger partial charge in [-0.2, -0.15) is 0 Å². The number of carbonyl (C=O) groups is 1. The summed E-state index contributed by atoms with van der Waals surface area (Å²) in [6.07, 6.45) is 1.65. The number of hydrogen-bond acceptors (Lipinski definition) is 2. The summed E-state index contributed by atoms with van der Waals surface area (Å²) in [5.74, 6) is 0.643. The second-order valence-corrected chi connectivity index (χ2v) is 7.07. The van der Waals surface area contributed by atoms with Gasteiger partial charge >= 0.3 is 6.03 Å². The summed E-state index contributed by atoms with van der Waals surface area (Å²) in [5, 5.41) is 5.97. The minimum absolute atomic E-state index is 0.161. The number of amides is 2. The molecule has 0 aromatic heterocycles. The molecule has 2 amide bonds. The molecule has 1 heterocycles. The van der Waals surface area contributed by atoms with Crippen LogP contribution in [0.2, 0.25) is 0 Å². The third kappa shape index (κ3) is 3.56. The Bertz CT molecular complexity index is 763. The zero-order chi connectivity index (χ0) is 17.1. The van der Waals surface area contributed by atoms with Crippen LogP contribution in [0.3, 0.4) is 0 Å². The fraction of sp³-hybridized carbons (Fsp3) is 0.316. The SMILES string of the molecule is CCc1cccc(C)c1NC(=O)NC1CCSc2ccc(F)cc21. The first-order valence-corrected chi connectivity index (χ1v) is 9.15. The lowest BCUT2D eigenvalue weighted by Crippen LogP contribution is -2.34. The summed E-state index contributed by atoms with van der Waals surface area (Å²) < 4.78 is 13.6. The quantitative estimate of drug-likeness (QED) is 0.817. The van der Waals surface area contributed by atoms with E-state index in [1.807, 2.05) is 25.1 Å². The highest BCUT2D eigenvalue weighted by Gasteiger charge is 2.23. The fourth-order valence-electron chi connectivity index (χ4n) is 3.03. The van der Waals surface area contributed by atoms with Crippen molar-refractivity contribution in [3.05, 3.63) is 58.9 Å². The highest BCUT2D eigenvalue weighted by molar-refractivity contribution is 7.99. The lowest BCUT2D eigenvalue weighted by Gasteiger charge is -2.26. The molecule has 5 heteroatoms. The summed E-state index contributed by atoms with van der Waals surface area (Å²) >= 11 is 1.70. The molecule has 24 heavy (non-hydrogen) atoms. The molecule has 2 N–H and O–H groups in total. The molecule has 0 radical (unpaired) electrons. The van der Waals surface area contributed by atoms with Crippen LogP contribution in [0.15, 0.2) is 41.3 Å². The monoisotopic (exact) mass is 344 g/mol. The first kappa shape index (κ1) is 16.8. The molecule has 1 atom stereocenters. The molecule has 1 aliphatic heterocycles. The number of fused-ring (bicyclic) bond motifs is 1. The smallest absolute Gasteiger partial charge is 0.319 e. The van der Waals surface area contributed by atoms with E-state index in [-0.39, 0.29) is 17.9 Å². The first-order valence-electron chi connectivity index (χ1n) is 8.16. The average Bonchev–Trinajstić information content (AvgIpc) is 2.57. The van der Waals surface area contributed by atoms with Crippen LogP contribution in [0, 0.1) is 12.7 Å². The molecule has 1 unspecified atom stereocenters. The Balaban J connectivity index is 1.76. The van der Waals surface area contributed by atoms with E-state index in [1.54, 1.807) is 17.8 Å². The normalized spacial score (nSPS) is 16.4. The van der Waals surface area contributed by atoms with Gasteiger partial charge in [0.2, 0.25) is 0 Å². The molecule has 0 aliphatic carbocycles. The second-order valence-electron chi connectivity index (χ2n) is 5.93. The third-order valence-electron chi connectivity index (χ3n) is 4.30. The molecule has 0 bridgehead atoms. The van der Waals surface area contributed by atoms with E-state index in [4.69, 9.17) is 0 Å². The maximum Gasteiger partial charge on any atom is 0.319 e. The minimum Gasteiger partial charge on any atom is -0.331 e. The second kappa shape index (κ2) is 7.26. The Labute approximate surface area is 146 Å². The van der Waals surface area contributed by atoms with Crippen LogP contribution in [0.25, 0.3) is 0 Å². The highest BCUT2D eigenvalue weighted by atomic mass is 32.2. The molecule has 2 aromatic rings. The maximum atomic E-state index is 13.6. The van der Waals surface area contributed by atoms with Crippen LogP contribution in [0.4, 0.5) is 14.9 Å². The van der Waals surface area contributed by atoms with Crippen molar-refractivity contribution < 1.29 is 9.18 Å². The van der Waals surface area contributed by atoms with Crippen molar-refractivity contribution in [3.63, 3.8) is 0 Å². The lowest BCUT2D eigenvalue weighted by molar-refractivity contribution is 0.248. The minimum atomic E-state index is -0.268.